The first-order chi connectivity index (χ1) is 9.65. The van der Waals surface area contributed by atoms with E-state index in [1.54, 1.807) is 7.11 Å². The van der Waals surface area contributed by atoms with Crippen LogP contribution in [0.3, 0.4) is 0 Å². The summed E-state index contributed by atoms with van der Waals surface area (Å²) in [5.41, 5.74) is 0.151. The highest BCUT2D eigenvalue weighted by Crippen LogP contribution is 2.13. The molecular formula is C13H17NO6. The van der Waals surface area contributed by atoms with Gasteiger partial charge in [0.05, 0.1) is 31.4 Å². The second-order valence-corrected chi connectivity index (χ2v) is 3.89. The van der Waals surface area contributed by atoms with Gasteiger partial charge in [0.15, 0.2) is 5.78 Å². The van der Waals surface area contributed by atoms with Crippen molar-refractivity contribution in [3.63, 3.8) is 0 Å². The number of ether oxygens (including phenoxy) is 3. The van der Waals surface area contributed by atoms with Gasteiger partial charge < -0.3 is 14.2 Å². The molecular weight excluding hydrogens is 266 g/mol. The van der Waals surface area contributed by atoms with Crippen molar-refractivity contribution in [2.24, 2.45) is 0 Å². The van der Waals surface area contributed by atoms with Crippen LogP contribution in [0.15, 0.2) is 24.3 Å². The van der Waals surface area contributed by atoms with E-state index in [4.69, 9.17) is 14.2 Å². The Morgan fingerprint density at radius 2 is 1.90 bits per heavy atom. The normalized spacial score (nSPS) is 10.4. The van der Waals surface area contributed by atoms with E-state index in [1.807, 2.05) is 0 Å². The van der Waals surface area contributed by atoms with Crippen molar-refractivity contribution in [1.82, 2.24) is 0 Å². The van der Waals surface area contributed by atoms with Crippen LogP contribution in [-0.2, 0) is 14.2 Å². The van der Waals surface area contributed by atoms with E-state index in [0.717, 1.165) is 0 Å². The monoisotopic (exact) mass is 283 g/mol. The highest BCUT2D eigenvalue weighted by atomic mass is 16.6. The Bertz CT molecular complexity index is 448. The van der Waals surface area contributed by atoms with Crippen molar-refractivity contribution < 1.29 is 23.9 Å². The topological polar surface area (TPSA) is 87.9 Å². The Morgan fingerprint density at radius 3 is 2.60 bits per heavy atom. The van der Waals surface area contributed by atoms with Gasteiger partial charge in [-0.15, -0.1) is 0 Å². The van der Waals surface area contributed by atoms with Crippen molar-refractivity contribution in [3.8, 4) is 0 Å². The van der Waals surface area contributed by atoms with Crippen molar-refractivity contribution in [1.29, 1.82) is 0 Å². The maximum atomic E-state index is 11.7. The van der Waals surface area contributed by atoms with Gasteiger partial charge in [0.1, 0.15) is 6.61 Å². The lowest BCUT2D eigenvalue weighted by molar-refractivity contribution is -0.384. The first-order valence-electron chi connectivity index (χ1n) is 6.07. The molecule has 0 aliphatic carbocycles. The molecule has 0 aliphatic heterocycles. The molecule has 7 heteroatoms. The second-order valence-electron chi connectivity index (χ2n) is 3.89. The number of hydrogen-bond donors (Lipinski definition) is 0. The standard InChI is InChI=1S/C13H17NO6/c1-18-5-6-19-7-8-20-10-13(15)11-3-2-4-12(9-11)14(16)17/h2-4,9H,5-8,10H2,1H3. The van der Waals surface area contributed by atoms with Gasteiger partial charge in [-0.25, -0.2) is 0 Å². The highest BCUT2D eigenvalue weighted by molar-refractivity contribution is 5.97. The van der Waals surface area contributed by atoms with Crippen molar-refractivity contribution in [2.75, 3.05) is 40.1 Å². The molecule has 1 aromatic rings. The fraction of sp³-hybridized carbons (Fsp3) is 0.462. The molecule has 0 aliphatic rings. The van der Waals surface area contributed by atoms with Gasteiger partial charge in [0.25, 0.3) is 5.69 Å². The molecule has 0 N–H and O–H groups in total. The third kappa shape index (κ3) is 5.87. The number of non-ortho nitro benzene ring substituents is 1. The molecule has 1 aromatic carbocycles. The first-order valence-corrected chi connectivity index (χ1v) is 6.07. The number of nitro groups is 1. The molecule has 0 atom stereocenters. The molecule has 1 rings (SSSR count). The number of carbonyl (C=O) groups is 1. The van der Waals surface area contributed by atoms with E-state index < -0.39 is 4.92 Å². The molecule has 0 heterocycles. The van der Waals surface area contributed by atoms with Crippen molar-refractivity contribution >= 4 is 11.5 Å². The Morgan fingerprint density at radius 1 is 1.20 bits per heavy atom. The number of methoxy groups -OCH3 is 1. The van der Waals surface area contributed by atoms with Gasteiger partial charge in [-0.3, -0.25) is 14.9 Å². The van der Waals surface area contributed by atoms with Gasteiger partial charge in [0.2, 0.25) is 0 Å². The molecule has 0 radical (unpaired) electrons. The van der Waals surface area contributed by atoms with Crippen LogP contribution >= 0.6 is 0 Å². The SMILES string of the molecule is COCCOCCOCC(=O)c1cccc([N+](=O)[O-])c1. The Kier molecular flexibility index (Phi) is 7.41. The molecule has 0 unspecified atom stereocenters. The molecule has 0 bridgehead atoms. The molecule has 0 fully saturated rings. The molecule has 0 saturated heterocycles. The van der Waals surface area contributed by atoms with E-state index in [2.05, 4.69) is 0 Å². The summed E-state index contributed by atoms with van der Waals surface area (Å²) >= 11 is 0. The summed E-state index contributed by atoms with van der Waals surface area (Å²) in [5.74, 6) is -0.300. The largest absolute Gasteiger partial charge is 0.382 e. The lowest BCUT2D eigenvalue weighted by Gasteiger charge is -2.05. The van der Waals surface area contributed by atoms with Gasteiger partial charge >= 0.3 is 0 Å². The van der Waals surface area contributed by atoms with Crippen molar-refractivity contribution in [3.05, 3.63) is 39.9 Å². The lowest BCUT2D eigenvalue weighted by atomic mass is 10.1. The van der Waals surface area contributed by atoms with Gasteiger partial charge in [0, 0.05) is 24.8 Å². The van der Waals surface area contributed by atoms with Crippen LogP contribution in [-0.4, -0.2) is 50.9 Å². The number of Topliss-reactive ketones (excluding diaryl/α,β-unsaturated/α-hetero) is 1. The third-order valence-corrected chi connectivity index (χ3v) is 2.42. The average molecular weight is 283 g/mol. The number of hydrogen-bond acceptors (Lipinski definition) is 6. The minimum absolute atomic E-state index is 0.112. The van der Waals surface area contributed by atoms with Crippen molar-refractivity contribution in [2.45, 2.75) is 0 Å². The lowest BCUT2D eigenvalue weighted by Crippen LogP contribution is -2.14. The minimum Gasteiger partial charge on any atom is -0.382 e. The van der Waals surface area contributed by atoms with E-state index in [-0.39, 0.29) is 30.2 Å². The first kappa shape index (κ1) is 16.2. The summed E-state index contributed by atoms with van der Waals surface area (Å²) in [5, 5.41) is 10.6. The molecule has 0 saturated carbocycles. The van der Waals surface area contributed by atoms with E-state index >= 15 is 0 Å². The fourth-order valence-corrected chi connectivity index (χ4v) is 1.40. The minimum atomic E-state index is -0.540. The summed E-state index contributed by atoms with van der Waals surface area (Å²) in [4.78, 5) is 21.8. The van der Waals surface area contributed by atoms with Gasteiger partial charge in [-0.05, 0) is 0 Å². The number of carbonyl (C=O) groups excluding carboxylic acids is 1. The summed E-state index contributed by atoms with van der Waals surface area (Å²) in [6, 6.07) is 5.56. The highest BCUT2D eigenvalue weighted by Gasteiger charge is 2.11. The van der Waals surface area contributed by atoms with E-state index in [9.17, 15) is 14.9 Å². The van der Waals surface area contributed by atoms with Crippen LogP contribution in [0.2, 0.25) is 0 Å². The van der Waals surface area contributed by atoms with Gasteiger partial charge in [-0.1, -0.05) is 12.1 Å². The van der Waals surface area contributed by atoms with Crippen LogP contribution in [0.1, 0.15) is 10.4 Å². The fourth-order valence-electron chi connectivity index (χ4n) is 1.40. The summed E-state index contributed by atoms with van der Waals surface area (Å²) in [6.45, 7) is 1.50. The number of nitrogens with zero attached hydrogens (tertiary/aromatic N) is 1. The predicted octanol–water partition coefficient (Wildman–Crippen LogP) is 1.46. The van der Waals surface area contributed by atoms with Crippen LogP contribution in [0.25, 0.3) is 0 Å². The van der Waals surface area contributed by atoms with Crippen LogP contribution in [0.5, 0.6) is 0 Å². The maximum absolute atomic E-state index is 11.7. The predicted molar refractivity (Wildman–Crippen MR) is 70.9 cm³/mol. The molecule has 0 amide bonds. The Hall–Kier alpha value is -1.83. The van der Waals surface area contributed by atoms with Crippen LogP contribution in [0, 0.1) is 10.1 Å². The molecule has 110 valence electrons. The summed E-state index contributed by atoms with van der Waals surface area (Å²) in [7, 11) is 1.58. The number of rotatable bonds is 10. The molecule has 0 aromatic heterocycles. The number of ketones is 1. The molecule has 20 heavy (non-hydrogen) atoms. The Labute approximate surface area is 116 Å². The quantitative estimate of drug-likeness (QED) is 0.279. The number of benzene rings is 1. The van der Waals surface area contributed by atoms with E-state index in [0.29, 0.717) is 19.8 Å². The maximum Gasteiger partial charge on any atom is 0.270 e. The summed E-state index contributed by atoms with van der Waals surface area (Å²) in [6.07, 6.45) is 0. The third-order valence-electron chi connectivity index (χ3n) is 2.42. The molecule has 0 spiro atoms. The average Bonchev–Trinajstić information content (AvgIpc) is 2.46. The van der Waals surface area contributed by atoms with Gasteiger partial charge in [-0.2, -0.15) is 0 Å². The van der Waals surface area contributed by atoms with Crippen LogP contribution in [0.4, 0.5) is 5.69 Å². The second kappa shape index (κ2) is 9.13. The van der Waals surface area contributed by atoms with E-state index in [1.165, 1.54) is 24.3 Å². The smallest absolute Gasteiger partial charge is 0.270 e. The summed E-state index contributed by atoms with van der Waals surface area (Å²) < 4.78 is 15.1. The Balaban J connectivity index is 2.29. The number of nitro benzene ring substituents is 1. The zero-order valence-electron chi connectivity index (χ0n) is 11.2. The zero-order chi connectivity index (χ0) is 14.8. The zero-order valence-corrected chi connectivity index (χ0v) is 11.2. The molecule has 7 nitrogen and oxygen atoms in total. The van der Waals surface area contributed by atoms with Crippen LogP contribution < -0.4 is 0 Å².